The van der Waals surface area contributed by atoms with E-state index in [0.717, 1.165) is 31.2 Å². The largest absolute Gasteiger partial charge is 0.454 e. The molecule has 9 heteroatoms. The van der Waals surface area contributed by atoms with Gasteiger partial charge in [0.25, 0.3) is 5.69 Å². The summed E-state index contributed by atoms with van der Waals surface area (Å²) in [7, 11) is 0. The quantitative estimate of drug-likeness (QED) is 0.345. The van der Waals surface area contributed by atoms with E-state index < -0.39 is 4.92 Å². The maximum Gasteiger partial charge on any atom is 0.269 e. The number of aromatic nitrogens is 2. The fourth-order valence-corrected chi connectivity index (χ4v) is 3.64. The zero-order valence-electron chi connectivity index (χ0n) is 13.7. The first kappa shape index (κ1) is 16.1. The Kier molecular flexibility index (Phi) is 3.57. The van der Waals surface area contributed by atoms with Gasteiger partial charge in [0.1, 0.15) is 3.70 Å². The molecule has 0 atom stereocenters. The monoisotopic (exact) mass is 474 g/mol. The molecule has 1 N–H and O–H groups in total. The van der Waals surface area contributed by atoms with Crippen molar-refractivity contribution in [2.24, 2.45) is 0 Å². The fourth-order valence-electron chi connectivity index (χ4n) is 3.13. The smallest absolute Gasteiger partial charge is 0.269 e. The summed E-state index contributed by atoms with van der Waals surface area (Å²) in [5.41, 5.74) is 5.04. The Labute approximate surface area is 166 Å². The van der Waals surface area contributed by atoms with Crippen LogP contribution in [0.2, 0.25) is 0 Å². The van der Waals surface area contributed by atoms with Gasteiger partial charge < -0.3 is 9.47 Å². The summed E-state index contributed by atoms with van der Waals surface area (Å²) < 4.78 is 13.8. The molecular weight excluding hydrogens is 463 g/mol. The molecule has 2 aliphatic rings. The third-order valence-electron chi connectivity index (χ3n) is 4.44. The van der Waals surface area contributed by atoms with E-state index >= 15 is 0 Å². The standard InChI is InChI=1S/C18H11IN4O4/c19-16-8-20-17-6-11-5-14-15(27-9-26-14)7-13(11)18(21-22(16)17)10-1-3-12(4-2-10)23(24)25/h1-8,21H,9H2. The van der Waals surface area contributed by atoms with Crippen LogP contribution in [0.4, 0.5) is 5.69 Å². The maximum atomic E-state index is 11.0. The molecule has 1 aromatic heterocycles. The molecule has 8 nitrogen and oxygen atoms in total. The number of hydrogen-bond acceptors (Lipinski definition) is 6. The predicted octanol–water partition coefficient (Wildman–Crippen LogP) is 1.67. The number of imidazole rings is 1. The van der Waals surface area contributed by atoms with E-state index in [-0.39, 0.29) is 12.5 Å². The van der Waals surface area contributed by atoms with Crippen molar-refractivity contribution in [2.75, 3.05) is 12.2 Å². The molecule has 3 aromatic rings. The second-order valence-corrected chi connectivity index (χ2v) is 7.11. The van der Waals surface area contributed by atoms with Crippen LogP contribution in [0.25, 0.3) is 11.8 Å². The highest BCUT2D eigenvalue weighted by atomic mass is 127. The van der Waals surface area contributed by atoms with Crippen molar-refractivity contribution >= 4 is 40.1 Å². The van der Waals surface area contributed by atoms with Crippen molar-refractivity contribution in [3.63, 3.8) is 0 Å². The van der Waals surface area contributed by atoms with Crippen LogP contribution in [0, 0.1) is 13.8 Å². The predicted molar refractivity (Wildman–Crippen MR) is 105 cm³/mol. The number of benzene rings is 2. The van der Waals surface area contributed by atoms with Gasteiger partial charge in [-0.3, -0.25) is 15.5 Å². The first-order chi connectivity index (χ1) is 13.1. The molecule has 0 unspecified atom stereocenters. The zero-order chi connectivity index (χ0) is 18.5. The molecule has 27 heavy (non-hydrogen) atoms. The average Bonchev–Trinajstić information content (AvgIpc) is 3.21. The lowest BCUT2D eigenvalue weighted by molar-refractivity contribution is -0.384. The summed E-state index contributed by atoms with van der Waals surface area (Å²) in [6.07, 6.45) is 3.73. The summed E-state index contributed by atoms with van der Waals surface area (Å²) in [5, 5.41) is 12.8. The van der Waals surface area contributed by atoms with Crippen molar-refractivity contribution in [1.82, 2.24) is 9.66 Å². The fraction of sp³-hybridized carbons (Fsp3) is 0.0556. The lowest BCUT2D eigenvalue weighted by Gasteiger charge is -2.13. The second-order valence-electron chi connectivity index (χ2n) is 6.00. The molecule has 0 amide bonds. The Morgan fingerprint density at radius 3 is 2.67 bits per heavy atom. The maximum absolute atomic E-state index is 11.0. The van der Waals surface area contributed by atoms with Crippen LogP contribution >= 0.6 is 22.6 Å². The Balaban J connectivity index is 1.80. The molecule has 5 rings (SSSR count). The van der Waals surface area contributed by atoms with Gasteiger partial charge in [0.15, 0.2) is 17.3 Å². The van der Waals surface area contributed by atoms with Crippen LogP contribution < -0.4 is 25.3 Å². The number of nitro benzene ring substituents is 1. The zero-order valence-corrected chi connectivity index (χ0v) is 15.8. The van der Waals surface area contributed by atoms with Crippen LogP contribution in [-0.4, -0.2) is 21.4 Å². The number of halogens is 1. The number of rotatable bonds is 2. The van der Waals surface area contributed by atoms with Crippen LogP contribution in [0.1, 0.15) is 11.4 Å². The van der Waals surface area contributed by atoms with E-state index in [1.54, 1.807) is 18.3 Å². The molecule has 0 bridgehead atoms. The van der Waals surface area contributed by atoms with Gasteiger partial charge >= 0.3 is 0 Å². The van der Waals surface area contributed by atoms with Gasteiger partial charge in [-0.15, -0.1) is 0 Å². The van der Waals surface area contributed by atoms with E-state index in [4.69, 9.17) is 9.47 Å². The van der Waals surface area contributed by atoms with Gasteiger partial charge in [0, 0.05) is 22.9 Å². The Bertz CT molecular complexity index is 1220. The molecule has 0 saturated carbocycles. The lowest BCUT2D eigenvalue weighted by atomic mass is 10.1. The van der Waals surface area contributed by atoms with E-state index in [1.165, 1.54) is 12.1 Å². The third kappa shape index (κ3) is 2.62. The van der Waals surface area contributed by atoms with E-state index in [2.05, 4.69) is 33.0 Å². The van der Waals surface area contributed by atoms with Crippen LogP contribution in [-0.2, 0) is 0 Å². The second kappa shape index (κ2) is 5.98. The average molecular weight is 474 g/mol. The number of nitrogens with zero attached hydrogens (tertiary/aromatic N) is 3. The number of hydrogen-bond donors (Lipinski definition) is 1. The Morgan fingerprint density at radius 1 is 1.19 bits per heavy atom. The van der Waals surface area contributed by atoms with Crippen LogP contribution in [0.5, 0.6) is 11.5 Å². The highest BCUT2D eigenvalue weighted by molar-refractivity contribution is 14.1. The van der Waals surface area contributed by atoms with Gasteiger partial charge in [-0.05, 0) is 58.2 Å². The first-order valence-electron chi connectivity index (χ1n) is 8.01. The minimum Gasteiger partial charge on any atom is -0.454 e. The summed E-state index contributed by atoms with van der Waals surface area (Å²) in [5.74, 6) is 2.09. The third-order valence-corrected chi connectivity index (χ3v) is 5.20. The molecule has 134 valence electrons. The topological polar surface area (TPSA) is 91.5 Å². The van der Waals surface area contributed by atoms with Crippen molar-refractivity contribution in [2.45, 2.75) is 0 Å². The molecule has 3 heterocycles. The molecule has 2 aliphatic heterocycles. The number of nitrogens with one attached hydrogen (secondary N) is 1. The minimum absolute atomic E-state index is 0.0448. The van der Waals surface area contributed by atoms with E-state index in [0.29, 0.717) is 11.5 Å². The molecule has 0 fully saturated rings. The Hall–Kier alpha value is -3.08. The van der Waals surface area contributed by atoms with Gasteiger partial charge in [0.2, 0.25) is 6.79 Å². The number of nitro groups is 1. The van der Waals surface area contributed by atoms with E-state index in [9.17, 15) is 10.1 Å². The van der Waals surface area contributed by atoms with E-state index in [1.807, 2.05) is 22.9 Å². The van der Waals surface area contributed by atoms with Crippen molar-refractivity contribution in [3.8, 4) is 11.5 Å². The number of non-ortho nitro benzene ring substituents is 1. The highest BCUT2D eigenvalue weighted by Crippen LogP contribution is 2.29. The van der Waals surface area contributed by atoms with Gasteiger partial charge in [-0.2, -0.15) is 0 Å². The molecule has 0 radical (unpaired) electrons. The van der Waals surface area contributed by atoms with Crippen molar-refractivity contribution < 1.29 is 14.4 Å². The normalized spacial score (nSPS) is 13.9. The number of fused-ring (bicyclic) bond motifs is 3. The summed E-state index contributed by atoms with van der Waals surface area (Å²) >= 11 is 2.20. The van der Waals surface area contributed by atoms with Crippen LogP contribution in [0.15, 0.2) is 42.6 Å². The number of ether oxygens (including phenoxy) is 2. The van der Waals surface area contributed by atoms with Gasteiger partial charge in [-0.25, -0.2) is 9.66 Å². The highest BCUT2D eigenvalue weighted by Gasteiger charge is 2.19. The minimum atomic E-state index is -0.411. The molecular formula is C18H11IN4O4. The summed E-state index contributed by atoms with van der Waals surface area (Å²) in [6.45, 7) is 0.186. The summed E-state index contributed by atoms with van der Waals surface area (Å²) in [4.78, 5) is 15.0. The van der Waals surface area contributed by atoms with Crippen LogP contribution in [0.3, 0.4) is 0 Å². The van der Waals surface area contributed by atoms with Crippen molar-refractivity contribution in [3.05, 3.63) is 78.2 Å². The van der Waals surface area contributed by atoms with Crippen molar-refractivity contribution in [1.29, 1.82) is 0 Å². The Morgan fingerprint density at radius 2 is 1.93 bits per heavy atom. The molecule has 0 spiro atoms. The SMILES string of the molecule is O=[N+]([O-])c1ccc(C2=c3cc4c(cc3=Cc3ncc(I)n3N2)OCO4)cc1. The van der Waals surface area contributed by atoms with Gasteiger partial charge in [-0.1, -0.05) is 0 Å². The first-order valence-corrected chi connectivity index (χ1v) is 9.09. The lowest BCUT2D eigenvalue weighted by Crippen LogP contribution is -2.30. The summed E-state index contributed by atoms with van der Waals surface area (Å²) in [6, 6.07) is 10.3. The molecule has 0 aliphatic carbocycles. The molecule has 0 saturated heterocycles. The van der Waals surface area contributed by atoms with Gasteiger partial charge in [0.05, 0.1) is 16.8 Å². The molecule has 2 aromatic carbocycles.